The van der Waals surface area contributed by atoms with Crippen LogP contribution in [0.25, 0.3) is 0 Å². The minimum atomic E-state index is -0.978. The zero-order valence-corrected chi connectivity index (χ0v) is 13.2. The number of piperazine rings is 1. The number of benzene rings is 1. The predicted octanol–water partition coefficient (Wildman–Crippen LogP) is 2.49. The van der Waals surface area contributed by atoms with E-state index < -0.39 is 5.97 Å². The number of aromatic nitrogens is 1. The van der Waals surface area contributed by atoms with Gasteiger partial charge in [-0.15, -0.1) is 0 Å². The molecule has 0 aliphatic carbocycles. The largest absolute Gasteiger partial charge is 0.477 e. The van der Waals surface area contributed by atoms with Crippen LogP contribution in [0.2, 0.25) is 0 Å². The molecular formula is C18H21N3O2. The maximum Gasteiger partial charge on any atom is 0.354 e. The first-order valence-corrected chi connectivity index (χ1v) is 7.87. The normalized spacial score (nSPS) is 18.8. The summed E-state index contributed by atoms with van der Waals surface area (Å²) in [7, 11) is 0. The summed E-state index contributed by atoms with van der Waals surface area (Å²) in [5, 5.41) is 9.04. The van der Waals surface area contributed by atoms with Gasteiger partial charge in [-0.2, -0.15) is 0 Å². The van der Waals surface area contributed by atoms with Gasteiger partial charge < -0.3 is 10.0 Å². The van der Waals surface area contributed by atoms with Crippen molar-refractivity contribution in [2.24, 2.45) is 0 Å². The van der Waals surface area contributed by atoms with Crippen molar-refractivity contribution in [1.29, 1.82) is 0 Å². The Balaban J connectivity index is 1.64. The first-order valence-electron chi connectivity index (χ1n) is 7.87. The lowest BCUT2D eigenvalue weighted by Crippen LogP contribution is -2.51. The van der Waals surface area contributed by atoms with Crippen molar-refractivity contribution in [3.8, 4) is 0 Å². The standard InChI is InChI=1S/C18H21N3O2/c1-14-12-20(10-11-21(14)16-7-3-2-4-8-16)13-15-6-5-9-17(19-15)18(22)23/h2-9,14H,10-13H2,1H3,(H,22,23). The number of rotatable bonds is 4. The molecular weight excluding hydrogens is 290 g/mol. The second kappa shape index (κ2) is 6.79. The molecule has 120 valence electrons. The third-order valence-electron chi connectivity index (χ3n) is 4.21. The van der Waals surface area contributed by atoms with E-state index in [9.17, 15) is 4.79 Å². The molecule has 0 spiro atoms. The molecule has 5 nitrogen and oxygen atoms in total. The molecule has 1 N–H and O–H groups in total. The Hall–Kier alpha value is -2.40. The van der Waals surface area contributed by atoms with E-state index in [1.807, 2.05) is 12.1 Å². The van der Waals surface area contributed by atoms with E-state index in [0.717, 1.165) is 25.3 Å². The number of aromatic carboxylic acids is 1. The monoisotopic (exact) mass is 311 g/mol. The maximum atomic E-state index is 11.0. The lowest BCUT2D eigenvalue weighted by Gasteiger charge is -2.41. The topological polar surface area (TPSA) is 56.7 Å². The summed E-state index contributed by atoms with van der Waals surface area (Å²) in [6.45, 7) is 5.75. The van der Waals surface area contributed by atoms with Crippen LogP contribution in [-0.4, -0.2) is 46.6 Å². The fourth-order valence-corrected chi connectivity index (χ4v) is 3.10. The van der Waals surface area contributed by atoms with Crippen LogP contribution in [0.1, 0.15) is 23.1 Å². The fourth-order valence-electron chi connectivity index (χ4n) is 3.10. The molecule has 0 saturated carbocycles. The number of hydrogen-bond donors (Lipinski definition) is 1. The van der Waals surface area contributed by atoms with Crippen LogP contribution in [-0.2, 0) is 6.54 Å². The molecule has 3 rings (SSSR count). The van der Waals surface area contributed by atoms with Crippen molar-refractivity contribution in [2.75, 3.05) is 24.5 Å². The fraction of sp³-hybridized carbons (Fsp3) is 0.333. The van der Waals surface area contributed by atoms with Gasteiger partial charge in [-0.3, -0.25) is 4.90 Å². The Morgan fingerprint density at radius 1 is 1.17 bits per heavy atom. The van der Waals surface area contributed by atoms with Gasteiger partial charge >= 0.3 is 5.97 Å². The maximum absolute atomic E-state index is 11.0. The van der Waals surface area contributed by atoms with Crippen molar-refractivity contribution >= 4 is 11.7 Å². The third-order valence-corrected chi connectivity index (χ3v) is 4.21. The third kappa shape index (κ3) is 3.68. The van der Waals surface area contributed by atoms with E-state index in [1.165, 1.54) is 11.8 Å². The highest BCUT2D eigenvalue weighted by Crippen LogP contribution is 2.20. The first kappa shape index (κ1) is 15.5. The van der Waals surface area contributed by atoms with Crippen molar-refractivity contribution in [3.05, 3.63) is 59.9 Å². The molecule has 2 aromatic rings. The van der Waals surface area contributed by atoms with Crippen LogP contribution < -0.4 is 4.90 Å². The van der Waals surface area contributed by atoms with Gasteiger partial charge in [0, 0.05) is 37.9 Å². The molecule has 1 aliphatic heterocycles. The highest BCUT2D eigenvalue weighted by Gasteiger charge is 2.24. The highest BCUT2D eigenvalue weighted by molar-refractivity contribution is 5.85. The molecule has 1 aromatic heterocycles. The summed E-state index contributed by atoms with van der Waals surface area (Å²) in [6, 6.07) is 16.0. The van der Waals surface area contributed by atoms with E-state index in [2.05, 4.69) is 46.0 Å². The summed E-state index contributed by atoms with van der Waals surface area (Å²) in [5.41, 5.74) is 2.18. The van der Waals surface area contributed by atoms with Crippen LogP contribution >= 0.6 is 0 Å². The van der Waals surface area contributed by atoms with Gasteiger partial charge in [-0.25, -0.2) is 9.78 Å². The zero-order valence-electron chi connectivity index (χ0n) is 13.2. The molecule has 1 fully saturated rings. The molecule has 0 amide bonds. The van der Waals surface area contributed by atoms with Gasteiger partial charge in [0.05, 0.1) is 5.69 Å². The summed E-state index contributed by atoms with van der Waals surface area (Å²) in [5.74, 6) is -0.978. The number of hydrogen-bond acceptors (Lipinski definition) is 4. The minimum Gasteiger partial charge on any atom is -0.477 e. The molecule has 0 radical (unpaired) electrons. The number of carboxylic acid groups (broad SMARTS) is 1. The van der Waals surface area contributed by atoms with E-state index in [1.54, 1.807) is 6.07 Å². The van der Waals surface area contributed by atoms with Crippen LogP contribution in [0, 0.1) is 0 Å². The number of nitrogens with zero attached hydrogens (tertiary/aromatic N) is 3. The number of para-hydroxylation sites is 1. The Morgan fingerprint density at radius 3 is 2.65 bits per heavy atom. The van der Waals surface area contributed by atoms with Gasteiger partial charge in [0.2, 0.25) is 0 Å². The molecule has 23 heavy (non-hydrogen) atoms. The Kier molecular flexibility index (Phi) is 4.57. The van der Waals surface area contributed by atoms with Gasteiger partial charge in [-0.1, -0.05) is 24.3 Å². The smallest absolute Gasteiger partial charge is 0.354 e. The number of pyridine rings is 1. The van der Waals surface area contributed by atoms with E-state index in [-0.39, 0.29) is 5.69 Å². The lowest BCUT2D eigenvalue weighted by molar-refractivity contribution is 0.0690. The predicted molar refractivity (Wildman–Crippen MR) is 89.7 cm³/mol. The molecule has 1 atom stereocenters. The molecule has 1 saturated heterocycles. The minimum absolute atomic E-state index is 0.110. The summed E-state index contributed by atoms with van der Waals surface area (Å²) in [4.78, 5) is 20.0. The zero-order chi connectivity index (χ0) is 16.2. The van der Waals surface area contributed by atoms with Gasteiger partial charge in [-0.05, 0) is 31.2 Å². The average molecular weight is 311 g/mol. The summed E-state index contributed by atoms with van der Waals surface area (Å²) < 4.78 is 0. The Morgan fingerprint density at radius 2 is 1.96 bits per heavy atom. The molecule has 5 heteroatoms. The molecule has 1 unspecified atom stereocenters. The SMILES string of the molecule is CC1CN(Cc2cccc(C(=O)O)n2)CCN1c1ccccc1. The first-order chi connectivity index (χ1) is 11.1. The molecule has 1 aliphatic rings. The lowest BCUT2D eigenvalue weighted by atomic mass is 10.1. The van der Waals surface area contributed by atoms with Crippen LogP contribution in [0.5, 0.6) is 0 Å². The summed E-state index contributed by atoms with van der Waals surface area (Å²) in [6.07, 6.45) is 0. The quantitative estimate of drug-likeness (QED) is 0.940. The Labute approximate surface area is 136 Å². The van der Waals surface area contributed by atoms with E-state index >= 15 is 0 Å². The van der Waals surface area contributed by atoms with Crippen LogP contribution in [0.15, 0.2) is 48.5 Å². The highest BCUT2D eigenvalue weighted by atomic mass is 16.4. The molecule has 2 heterocycles. The van der Waals surface area contributed by atoms with E-state index in [0.29, 0.717) is 12.6 Å². The second-order valence-electron chi connectivity index (χ2n) is 5.93. The van der Waals surface area contributed by atoms with Gasteiger partial charge in [0.15, 0.2) is 0 Å². The number of carbonyl (C=O) groups is 1. The van der Waals surface area contributed by atoms with E-state index in [4.69, 9.17) is 5.11 Å². The Bertz CT molecular complexity index is 675. The number of carboxylic acids is 1. The second-order valence-corrected chi connectivity index (χ2v) is 5.93. The van der Waals surface area contributed by atoms with Gasteiger partial charge in [0.1, 0.15) is 5.69 Å². The average Bonchev–Trinajstić information content (AvgIpc) is 2.56. The van der Waals surface area contributed by atoms with Crippen LogP contribution in [0.3, 0.4) is 0 Å². The summed E-state index contributed by atoms with van der Waals surface area (Å²) >= 11 is 0. The van der Waals surface area contributed by atoms with Crippen molar-refractivity contribution in [2.45, 2.75) is 19.5 Å². The molecule has 0 bridgehead atoms. The van der Waals surface area contributed by atoms with Crippen molar-refractivity contribution < 1.29 is 9.90 Å². The molecule has 1 aromatic carbocycles. The van der Waals surface area contributed by atoms with Crippen molar-refractivity contribution in [3.63, 3.8) is 0 Å². The van der Waals surface area contributed by atoms with Gasteiger partial charge in [0.25, 0.3) is 0 Å². The van der Waals surface area contributed by atoms with Crippen LogP contribution in [0.4, 0.5) is 5.69 Å². The van der Waals surface area contributed by atoms with Crippen molar-refractivity contribution in [1.82, 2.24) is 9.88 Å². The number of anilines is 1.